The molecule has 0 bridgehead atoms. The first-order valence-corrected chi connectivity index (χ1v) is 10.1. The van der Waals surface area contributed by atoms with E-state index in [9.17, 15) is 14.4 Å². The number of hydrogen-bond acceptors (Lipinski definition) is 7. The summed E-state index contributed by atoms with van der Waals surface area (Å²) in [5, 5.41) is 3.74. The van der Waals surface area contributed by atoms with Crippen LogP contribution in [0.2, 0.25) is 0 Å². The van der Waals surface area contributed by atoms with Crippen LogP contribution in [0.5, 0.6) is 0 Å². The van der Waals surface area contributed by atoms with Gasteiger partial charge in [-0.1, -0.05) is 18.2 Å². The average Bonchev–Trinajstić information content (AvgIpc) is 3.08. The van der Waals surface area contributed by atoms with Crippen LogP contribution in [0.25, 0.3) is 10.9 Å². The Morgan fingerprint density at radius 2 is 1.81 bits per heavy atom. The Balaban J connectivity index is 1.27. The first kappa shape index (κ1) is 19.2. The van der Waals surface area contributed by atoms with Crippen molar-refractivity contribution in [3.05, 3.63) is 59.4 Å². The molecule has 2 aromatic heterocycles. The van der Waals surface area contributed by atoms with E-state index < -0.39 is 17.1 Å². The van der Waals surface area contributed by atoms with E-state index >= 15 is 0 Å². The standard InChI is InChI=1S/C21H21N7O3/c29-17(28-12-15-4-1-2-5-16(15)24-19(28)30)13-27-14-21(25-20(27)31)6-10-26(11-7-21)18-22-8-3-9-23-18/h1-5,8-9,12H,6-7,10-11,13-14H2,(H,25,31). The highest BCUT2D eigenvalue weighted by Gasteiger charge is 2.45. The summed E-state index contributed by atoms with van der Waals surface area (Å²) in [6.45, 7) is 1.65. The summed E-state index contributed by atoms with van der Waals surface area (Å²) >= 11 is 0. The van der Waals surface area contributed by atoms with Crippen LogP contribution in [0.1, 0.15) is 17.6 Å². The van der Waals surface area contributed by atoms with Crippen molar-refractivity contribution in [1.82, 2.24) is 29.7 Å². The van der Waals surface area contributed by atoms with Gasteiger partial charge in [-0.05, 0) is 25.0 Å². The fraction of sp³-hybridized carbons (Fsp3) is 0.333. The third-order valence-electron chi connectivity index (χ3n) is 5.93. The third-order valence-corrected chi connectivity index (χ3v) is 5.93. The molecule has 0 radical (unpaired) electrons. The van der Waals surface area contributed by atoms with E-state index in [0.29, 0.717) is 36.5 Å². The molecule has 2 saturated heterocycles. The van der Waals surface area contributed by atoms with Gasteiger partial charge in [0.2, 0.25) is 5.95 Å². The Morgan fingerprint density at radius 3 is 2.58 bits per heavy atom. The smallest absolute Gasteiger partial charge is 0.341 e. The van der Waals surface area contributed by atoms with Gasteiger partial charge in [-0.25, -0.2) is 24.1 Å². The largest absolute Gasteiger partial charge is 0.355 e. The molecular weight excluding hydrogens is 398 g/mol. The number of benzene rings is 1. The second-order valence-electron chi connectivity index (χ2n) is 7.95. The molecule has 10 nitrogen and oxygen atoms in total. The summed E-state index contributed by atoms with van der Waals surface area (Å²) in [5.74, 6) is 0.197. The summed E-state index contributed by atoms with van der Waals surface area (Å²) < 4.78 is 0.982. The molecule has 1 N–H and O–H groups in total. The molecule has 31 heavy (non-hydrogen) atoms. The summed E-state index contributed by atoms with van der Waals surface area (Å²) in [4.78, 5) is 53.8. The fourth-order valence-electron chi connectivity index (χ4n) is 4.25. The van der Waals surface area contributed by atoms with Crippen molar-refractivity contribution in [2.24, 2.45) is 0 Å². The lowest BCUT2D eigenvalue weighted by molar-refractivity contribution is 0.0863. The van der Waals surface area contributed by atoms with Crippen LogP contribution in [0.3, 0.4) is 0 Å². The number of fused-ring (bicyclic) bond motifs is 1. The number of hydrogen-bond donors (Lipinski definition) is 1. The maximum atomic E-state index is 12.8. The highest BCUT2D eigenvalue weighted by molar-refractivity contribution is 5.88. The van der Waals surface area contributed by atoms with Gasteiger partial charge < -0.3 is 15.1 Å². The molecular formula is C21H21N7O3. The van der Waals surface area contributed by atoms with Crippen molar-refractivity contribution in [1.29, 1.82) is 0 Å². The van der Waals surface area contributed by atoms with Crippen molar-refractivity contribution < 1.29 is 9.59 Å². The van der Waals surface area contributed by atoms with Crippen LogP contribution in [0.15, 0.2) is 53.7 Å². The van der Waals surface area contributed by atoms with Crippen LogP contribution in [-0.4, -0.2) is 68.1 Å². The lowest BCUT2D eigenvalue weighted by atomic mass is 9.88. The molecule has 4 heterocycles. The number of nitrogens with zero attached hydrogens (tertiary/aromatic N) is 6. The Hall–Kier alpha value is -3.82. The van der Waals surface area contributed by atoms with Crippen LogP contribution in [0, 0.1) is 0 Å². The monoisotopic (exact) mass is 419 g/mol. The van der Waals surface area contributed by atoms with Gasteiger partial charge in [0.15, 0.2) is 0 Å². The number of aromatic nitrogens is 4. The molecule has 0 unspecified atom stereocenters. The topological polar surface area (TPSA) is 113 Å². The minimum Gasteiger partial charge on any atom is -0.341 e. The molecule has 5 rings (SSSR count). The molecule has 158 valence electrons. The minimum atomic E-state index is -0.644. The number of anilines is 1. The van der Waals surface area contributed by atoms with Crippen molar-refractivity contribution in [2.45, 2.75) is 18.4 Å². The van der Waals surface area contributed by atoms with Crippen molar-refractivity contribution in [3.63, 3.8) is 0 Å². The summed E-state index contributed by atoms with van der Waals surface area (Å²) in [6.07, 6.45) is 6.34. The van der Waals surface area contributed by atoms with Gasteiger partial charge >= 0.3 is 11.7 Å². The maximum Gasteiger partial charge on any atom is 0.355 e. The predicted octanol–water partition coefficient (Wildman–Crippen LogP) is 0.891. The molecule has 1 aromatic carbocycles. The summed E-state index contributed by atoms with van der Waals surface area (Å²) in [7, 11) is 0. The quantitative estimate of drug-likeness (QED) is 0.671. The van der Waals surface area contributed by atoms with Gasteiger partial charge in [-0.2, -0.15) is 4.98 Å². The van der Waals surface area contributed by atoms with Crippen molar-refractivity contribution >= 4 is 28.8 Å². The van der Waals surface area contributed by atoms with Crippen LogP contribution >= 0.6 is 0 Å². The zero-order valence-electron chi connectivity index (χ0n) is 16.8. The van der Waals surface area contributed by atoms with E-state index in [2.05, 4.69) is 25.2 Å². The molecule has 3 aromatic rings. The van der Waals surface area contributed by atoms with E-state index in [1.165, 1.54) is 11.1 Å². The highest BCUT2D eigenvalue weighted by atomic mass is 16.2. The molecule has 2 amide bonds. The summed E-state index contributed by atoms with van der Waals surface area (Å²) in [6, 6.07) is 8.58. The number of amides is 2. The summed E-state index contributed by atoms with van der Waals surface area (Å²) in [5.41, 5.74) is -0.507. The molecule has 0 aliphatic carbocycles. The zero-order valence-corrected chi connectivity index (χ0v) is 16.8. The number of carbonyl (C=O) groups excluding carboxylic acids is 2. The first-order chi connectivity index (χ1) is 15.0. The minimum absolute atomic E-state index is 0.182. The first-order valence-electron chi connectivity index (χ1n) is 10.1. The Bertz CT molecular complexity index is 1200. The van der Waals surface area contributed by atoms with Crippen molar-refractivity contribution in [3.8, 4) is 0 Å². The van der Waals surface area contributed by atoms with Crippen LogP contribution in [0.4, 0.5) is 10.7 Å². The number of piperidine rings is 1. The number of urea groups is 1. The molecule has 2 aliphatic rings. The van der Waals surface area contributed by atoms with E-state index in [-0.39, 0.29) is 12.6 Å². The zero-order chi connectivity index (χ0) is 21.4. The normalized spacial score (nSPS) is 17.9. The van der Waals surface area contributed by atoms with Crippen LogP contribution < -0.4 is 15.9 Å². The second-order valence-corrected chi connectivity index (χ2v) is 7.95. The average molecular weight is 419 g/mol. The molecule has 1 spiro atoms. The highest BCUT2D eigenvalue weighted by Crippen LogP contribution is 2.29. The second kappa shape index (κ2) is 7.46. The Kier molecular flexibility index (Phi) is 4.61. The number of carbonyl (C=O) groups is 2. The molecule has 10 heteroatoms. The van der Waals surface area contributed by atoms with Gasteiger partial charge in [0, 0.05) is 43.6 Å². The van der Waals surface area contributed by atoms with Gasteiger partial charge in [0.25, 0.3) is 5.91 Å². The third kappa shape index (κ3) is 3.60. The SMILES string of the molecule is O=C1NC2(CCN(c3ncccn3)CC2)CN1CC(=O)n1cc2ccccc2nc1=O. The Labute approximate surface area is 177 Å². The number of para-hydroxylation sites is 1. The predicted molar refractivity (Wildman–Crippen MR) is 113 cm³/mol. The van der Waals surface area contributed by atoms with E-state index in [1.54, 1.807) is 36.7 Å². The molecule has 0 atom stereocenters. The van der Waals surface area contributed by atoms with E-state index in [1.807, 2.05) is 6.07 Å². The molecule has 2 aliphatic heterocycles. The fourth-order valence-corrected chi connectivity index (χ4v) is 4.25. The van der Waals surface area contributed by atoms with E-state index in [4.69, 9.17) is 0 Å². The van der Waals surface area contributed by atoms with Crippen LogP contribution in [-0.2, 0) is 0 Å². The lowest BCUT2D eigenvalue weighted by Crippen LogP contribution is -2.53. The van der Waals surface area contributed by atoms with Gasteiger partial charge in [0.1, 0.15) is 6.54 Å². The maximum absolute atomic E-state index is 12.8. The van der Waals surface area contributed by atoms with Gasteiger partial charge in [-0.3, -0.25) is 4.79 Å². The molecule has 2 fully saturated rings. The number of rotatable bonds is 3. The van der Waals surface area contributed by atoms with Gasteiger partial charge in [-0.15, -0.1) is 0 Å². The Morgan fingerprint density at radius 1 is 1.06 bits per heavy atom. The lowest BCUT2D eigenvalue weighted by Gasteiger charge is -2.38. The van der Waals surface area contributed by atoms with Gasteiger partial charge in [0.05, 0.1) is 11.1 Å². The molecule has 0 saturated carbocycles. The van der Waals surface area contributed by atoms with Crippen molar-refractivity contribution in [2.75, 3.05) is 31.1 Å². The number of nitrogens with one attached hydrogen (secondary N) is 1. The van der Waals surface area contributed by atoms with E-state index in [0.717, 1.165) is 17.4 Å².